The number of carbonyl (C=O) groups excluding carboxylic acids is 4. The molecule has 32 heavy (non-hydrogen) atoms. The lowest BCUT2D eigenvalue weighted by molar-refractivity contribution is -0.136. The van der Waals surface area contributed by atoms with E-state index in [0.717, 1.165) is 9.80 Å². The van der Waals surface area contributed by atoms with Crippen LogP contribution in [0.5, 0.6) is 5.75 Å². The van der Waals surface area contributed by atoms with Crippen molar-refractivity contribution >= 4 is 64.1 Å². The molecule has 0 saturated carbocycles. The Morgan fingerprint density at radius 3 is 2.16 bits per heavy atom. The van der Waals surface area contributed by atoms with E-state index < -0.39 is 29.7 Å². The second-order valence-corrected chi connectivity index (χ2v) is 8.31. The molecule has 0 bridgehead atoms. The Morgan fingerprint density at radius 2 is 1.62 bits per heavy atom. The van der Waals surface area contributed by atoms with Gasteiger partial charge in [-0.15, -0.1) is 0 Å². The van der Waals surface area contributed by atoms with E-state index in [1.165, 1.54) is 39.3 Å². The highest BCUT2D eigenvalue weighted by atomic mass is 35.5. The zero-order valence-corrected chi connectivity index (χ0v) is 19.5. The smallest absolute Gasteiger partial charge is 0.262 e. The Hall–Kier alpha value is -2.81. The van der Waals surface area contributed by atoms with Gasteiger partial charge in [-0.3, -0.25) is 24.1 Å². The number of amides is 4. The third-order valence-corrected chi connectivity index (χ3v) is 5.85. The maximum Gasteiger partial charge on any atom is 0.262 e. The van der Waals surface area contributed by atoms with E-state index in [0.29, 0.717) is 16.5 Å². The van der Waals surface area contributed by atoms with Gasteiger partial charge in [0.15, 0.2) is 0 Å². The van der Waals surface area contributed by atoms with Gasteiger partial charge in [0.2, 0.25) is 11.8 Å². The second-order valence-electron chi connectivity index (χ2n) is 7.06. The number of likely N-dealkylation sites (N-methyl/N-ethyl adjacent to an activating group) is 1. The summed E-state index contributed by atoms with van der Waals surface area (Å²) in [6.45, 7) is 1.07. The molecule has 1 atom stereocenters. The number of hydrogen-bond donors (Lipinski definition) is 1. The Bertz CT molecular complexity index is 1100. The van der Waals surface area contributed by atoms with Gasteiger partial charge in [0.1, 0.15) is 11.8 Å². The average Bonchev–Trinajstić information content (AvgIpc) is 2.97. The van der Waals surface area contributed by atoms with Gasteiger partial charge in [-0.2, -0.15) is 0 Å². The molecule has 0 radical (unpaired) electrons. The number of nitrogens with one attached hydrogen (secondary N) is 1. The van der Waals surface area contributed by atoms with Crippen molar-refractivity contribution in [2.75, 3.05) is 26.0 Å². The van der Waals surface area contributed by atoms with Crippen molar-refractivity contribution < 1.29 is 23.9 Å². The summed E-state index contributed by atoms with van der Waals surface area (Å²) in [6.07, 6.45) is 0. The number of halogens is 3. The number of methoxy groups -OCH3 is 1. The lowest BCUT2D eigenvalue weighted by Crippen LogP contribution is -2.49. The fourth-order valence-electron chi connectivity index (χ4n) is 3.29. The SMILES string of the molecule is COc1ccc(Cl)cc1NC(=O)CN(C)C(=O)[C@H](C)N1C(=O)c2cc(Cl)c(Cl)cc2C1=O. The first-order valence-corrected chi connectivity index (χ1v) is 10.4. The molecule has 8 nitrogen and oxygen atoms in total. The maximum atomic E-state index is 12.9. The number of imide groups is 1. The molecule has 0 fully saturated rings. The molecule has 1 N–H and O–H groups in total. The highest BCUT2D eigenvalue weighted by molar-refractivity contribution is 6.43. The minimum atomic E-state index is -1.15. The van der Waals surface area contributed by atoms with Gasteiger partial charge in [-0.25, -0.2) is 0 Å². The van der Waals surface area contributed by atoms with Crippen molar-refractivity contribution in [3.63, 3.8) is 0 Å². The lowest BCUT2D eigenvalue weighted by Gasteiger charge is -2.26. The van der Waals surface area contributed by atoms with Crippen molar-refractivity contribution in [3.8, 4) is 5.75 Å². The Balaban J connectivity index is 1.71. The monoisotopic (exact) mass is 497 g/mol. The number of ether oxygens (including phenoxy) is 1. The van der Waals surface area contributed by atoms with Gasteiger partial charge >= 0.3 is 0 Å². The number of carbonyl (C=O) groups is 4. The summed E-state index contributed by atoms with van der Waals surface area (Å²) >= 11 is 17.9. The largest absolute Gasteiger partial charge is 0.495 e. The van der Waals surface area contributed by atoms with Crippen LogP contribution in [0.2, 0.25) is 15.1 Å². The van der Waals surface area contributed by atoms with Crippen molar-refractivity contribution in [2.45, 2.75) is 13.0 Å². The molecule has 0 spiro atoms. The molecule has 0 aliphatic carbocycles. The molecule has 1 aliphatic rings. The van der Waals surface area contributed by atoms with E-state index in [1.54, 1.807) is 12.1 Å². The molecule has 168 valence electrons. The van der Waals surface area contributed by atoms with Gasteiger partial charge in [0.25, 0.3) is 11.8 Å². The third-order valence-electron chi connectivity index (χ3n) is 4.90. The summed E-state index contributed by atoms with van der Waals surface area (Å²) < 4.78 is 5.18. The molecule has 0 aromatic heterocycles. The molecule has 1 heterocycles. The average molecular weight is 499 g/mol. The van der Waals surface area contributed by atoms with Crippen molar-refractivity contribution in [1.82, 2.24) is 9.80 Å². The number of hydrogen-bond acceptors (Lipinski definition) is 5. The van der Waals surface area contributed by atoms with Crippen LogP contribution < -0.4 is 10.1 Å². The quantitative estimate of drug-likeness (QED) is 0.612. The minimum Gasteiger partial charge on any atom is -0.495 e. The summed E-state index contributed by atoms with van der Waals surface area (Å²) in [5.74, 6) is -2.05. The molecule has 3 rings (SSSR count). The summed E-state index contributed by atoms with van der Waals surface area (Å²) in [4.78, 5) is 52.7. The number of nitrogens with zero attached hydrogens (tertiary/aromatic N) is 2. The molecule has 0 unspecified atom stereocenters. The van der Waals surface area contributed by atoms with Crippen LogP contribution in [0.1, 0.15) is 27.6 Å². The Kier molecular flexibility index (Phi) is 6.97. The summed E-state index contributed by atoms with van der Waals surface area (Å²) in [5, 5.41) is 3.26. The Labute approximate surface area is 199 Å². The number of fused-ring (bicyclic) bond motifs is 1. The van der Waals surface area contributed by atoms with Gasteiger partial charge < -0.3 is 15.0 Å². The Morgan fingerprint density at radius 1 is 1.06 bits per heavy atom. The molecule has 1 aliphatic heterocycles. The standard InChI is InChI=1S/C21H18Cl3N3O5/c1-10(27-20(30)12-7-14(23)15(24)8-13(12)21(27)31)19(29)26(2)9-18(28)25-16-6-11(22)4-5-17(16)32-3/h4-8,10H,9H2,1-3H3,(H,25,28)/t10-/m0/s1. The molecule has 11 heteroatoms. The van der Waals surface area contributed by atoms with Crippen LogP contribution >= 0.6 is 34.8 Å². The molecular weight excluding hydrogens is 481 g/mol. The van der Waals surface area contributed by atoms with E-state index in [9.17, 15) is 19.2 Å². The van der Waals surface area contributed by atoms with Crippen molar-refractivity contribution in [3.05, 3.63) is 56.5 Å². The fraction of sp³-hybridized carbons (Fsp3) is 0.238. The number of anilines is 1. The van der Waals surface area contributed by atoms with E-state index in [-0.39, 0.29) is 27.7 Å². The normalized spacial score (nSPS) is 13.6. The van der Waals surface area contributed by atoms with Gasteiger partial charge in [0.05, 0.1) is 40.5 Å². The molecular formula is C21H18Cl3N3O5. The zero-order chi connectivity index (χ0) is 23.7. The van der Waals surface area contributed by atoms with Crippen LogP contribution in [0.15, 0.2) is 30.3 Å². The highest BCUT2D eigenvalue weighted by Gasteiger charge is 2.42. The van der Waals surface area contributed by atoms with E-state index in [4.69, 9.17) is 39.5 Å². The third kappa shape index (κ3) is 4.53. The first kappa shape index (κ1) is 23.8. The van der Waals surface area contributed by atoms with Crippen LogP contribution in [-0.4, -0.2) is 60.2 Å². The van der Waals surface area contributed by atoms with Gasteiger partial charge in [-0.1, -0.05) is 34.8 Å². The minimum absolute atomic E-state index is 0.0671. The summed E-state index contributed by atoms with van der Waals surface area (Å²) in [6, 6.07) is 6.15. The van der Waals surface area contributed by atoms with Crippen molar-refractivity contribution in [1.29, 1.82) is 0 Å². The number of rotatable bonds is 6. The second kappa shape index (κ2) is 9.36. The first-order valence-electron chi connectivity index (χ1n) is 9.30. The molecule has 2 aromatic carbocycles. The maximum absolute atomic E-state index is 12.9. The van der Waals surface area contributed by atoms with E-state index in [1.807, 2.05) is 0 Å². The molecule has 0 saturated heterocycles. The summed E-state index contributed by atoms with van der Waals surface area (Å²) in [7, 11) is 2.83. The first-order chi connectivity index (χ1) is 15.0. The van der Waals surface area contributed by atoms with Crippen LogP contribution in [0, 0.1) is 0 Å². The summed E-state index contributed by atoms with van der Waals surface area (Å²) in [5.41, 5.74) is 0.475. The topological polar surface area (TPSA) is 96.0 Å². The molecule has 4 amide bonds. The van der Waals surface area contributed by atoms with E-state index in [2.05, 4.69) is 5.32 Å². The number of benzene rings is 2. The molecule has 2 aromatic rings. The van der Waals surface area contributed by atoms with Gasteiger partial charge in [-0.05, 0) is 37.3 Å². The van der Waals surface area contributed by atoms with Crippen LogP contribution in [-0.2, 0) is 9.59 Å². The van der Waals surface area contributed by atoms with Gasteiger partial charge in [0, 0.05) is 12.1 Å². The van der Waals surface area contributed by atoms with Crippen LogP contribution in [0.4, 0.5) is 5.69 Å². The van der Waals surface area contributed by atoms with Crippen LogP contribution in [0.25, 0.3) is 0 Å². The zero-order valence-electron chi connectivity index (χ0n) is 17.2. The fourth-order valence-corrected chi connectivity index (χ4v) is 3.79. The van der Waals surface area contributed by atoms with Crippen molar-refractivity contribution in [2.24, 2.45) is 0 Å². The van der Waals surface area contributed by atoms with Crippen LogP contribution in [0.3, 0.4) is 0 Å². The predicted molar refractivity (Wildman–Crippen MR) is 121 cm³/mol. The predicted octanol–water partition coefficient (Wildman–Crippen LogP) is 3.74. The lowest BCUT2D eigenvalue weighted by atomic mass is 10.1. The van der Waals surface area contributed by atoms with E-state index >= 15 is 0 Å². The highest BCUT2D eigenvalue weighted by Crippen LogP contribution is 2.32.